The number of rotatable bonds is 4. The van der Waals surface area contributed by atoms with Gasteiger partial charge in [0, 0.05) is 17.6 Å². The van der Waals surface area contributed by atoms with Gasteiger partial charge in [0.25, 0.3) is 0 Å². The van der Waals surface area contributed by atoms with E-state index in [0.717, 1.165) is 11.5 Å². The number of anilines is 1. The molecule has 2 atom stereocenters. The summed E-state index contributed by atoms with van der Waals surface area (Å²) in [5.41, 5.74) is 1.03. The Kier molecular flexibility index (Phi) is 4.21. The fraction of sp³-hybridized carbons (Fsp3) is 0.545. The van der Waals surface area contributed by atoms with E-state index in [1.165, 1.54) is 0 Å². The van der Waals surface area contributed by atoms with Gasteiger partial charge in [-0.25, -0.2) is 4.98 Å². The Balaban J connectivity index is 2.60. The zero-order chi connectivity index (χ0) is 10.6. The van der Waals surface area contributed by atoms with Crippen molar-refractivity contribution in [3.8, 4) is 0 Å². The van der Waals surface area contributed by atoms with Crippen LogP contribution in [0.5, 0.6) is 0 Å². The third-order valence-electron chi connectivity index (χ3n) is 2.36. The molecule has 1 heterocycles. The Morgan fingerprint density at radius 3 is 2.71 bits per heavy atom. The summed E-state index contributed by atoms with van der Waals surface area (Å²) in [6.45, 7) is 6.23. The fourth-order valence-electron chi connectivity index (χ4n) is 1.13. The molecule has 3 heteroatoms. The van der Waals surface area contributed by atoms with E-state index in [9.17, 15) is 0 Å². The molecule has 0 aliphatic rings. The summed E-state index contributed by atoms with van der Waals surface area (Å²) in [5, 5.41) is 3.34. The number of alkyl halides is 1. The molecule has 1 N–H and O–H groups in total. The highest BCUT2D eigenvalue weighted by Gasteiger charge is 2.10. The lowest BCUT2D eigenvalue weighted by Gasteiger charge is -2.19. The first-order valence-corrected chi connectivity index (χ1v) is 5.43. The van der Waals surface area contributed by atoms with Crippen LogP contribution in [-0.4, -0.2) is 16.9 Å². The van der Waals surface area contributed by atoms with Crippen LogP contribution in [0.1, 0.15) is 19.5 Å². The molecule has 1 aromatic rings. The third kappa shape index (κ3) is 3.18. The van der Waals surface area contributed by atoms with Gasteiger partial charge < -0.3 is 5.32 Å². The smallest absolute Gasteiger partial charge is 0.126 e. The molecular formula is C11H17ClN2. The Labute approximate surface area is 90.7 Å². The molecule has 0 bridgehead atoms. The molecule has 0 aliphatic carbocycles. The first-order valence-electron chi connectivity index (χ1n) is 4.89. The van der Waals surface area contributed by atoms with Crippen molar-refractivity contribution in [1.29, 1.82) is 0 Å². The number of hydrogen-bond acceptors (Lipinski definition) is 2. The van der Waals surface area contributed by atoms with Crippen LogP contribution in [0.3, 0.4) is 0 Å². The molecule has 2 nitrogen and oxygen atoms in total. The van der Waals surface area contributed by atoms with Gasteiger partial charge in [0.05, 0.1) is 0 Å². The zero-order valence-electron chi connectivity index (χ0n) is 8.92. The van der Waals surface area contributed by atoms with E-state index in [-0.39, 0.29) is 0 Å². The Morgan fingerprint density at radius 1 is 1.43 bits per heavy atom. The number of aryl methyl sites for hydroxylation is 1. The zero-order valence-corrected chi connectivity index (χ0v) is 9.67. The van der Waals surface area contributed by atoms with Gasteiger partial charge in [0.2, 0.25) is 0 Å². The first-order chi connectivity index (χ1) is 6.63. The van der Waals surface area contributed by atoms with E-state index in [1.807, 2.05) is 25.1 Å². The van der Waals surface area contributed by atoms with Gasteiger partial charge >= 0.3 is 0 Å². The van der Waals surface area contributed by atoms with Crippen LogP contribution in [0, 0.1) is 12.8 Å². The van der Waals surface area contributed by atoms with Gasteiger partial charge in [-0.15, -0.1) is 11.6 Å². The topological polar surface area (TPSA) is 24.9 Å². The van der Waals surface area contributed by atoms with Crippen LogP contribution in [0.15, 0.2) is 18.2 Å². The quantitative estimate of drug-likeness (QED) is 0.776. The van der Waals surface area contributed by atoms with Crippen molar-refractivity contribution in [3.05, 3.63) is 23.9 Å². The Hall–Kier alpha value is -0.760. The Bertz CT molecular complexity index is 288. The predicted molar refractivity (Wildman–Crippen MR) is 61.9 cm³/mol. The number of aromatic nitrogens is 1. The molecule has 0 aromatic carbocycles. The highest BCUT2D eigenvalue weighted by Crippen LogP contribution is 2.11. The molecule has 14 heavy (non-hydrogen) atoms. The molecular weight excluding hydrogens is 196 g/mol. The van der Waals surface area contributed by atoms with E-state index in [0.29, 0.717) is 17.8 Å². The first kappa shape index (κ1) is 11.3. The van der Waals surface area contributed by atoms with E-state index >= 15 is 0 Å². The lowest BCUT2D eigenvalue weighted by atomic mass is 10.1. The summed E-state index contributed by atoms with van der Waals surface area (Å²) in [6, 6.07) is 6.32. The standard InChI is InChI=1S/C11H17ClN2/c1-8(7-12)10(3)14-11-6-4-5-9(2)13-11/h4-6,8,10H,7H2,1-3H3,(H,13,14). The fourth-order valence-corrected chi connectivity index (χ4v) is 1.40. The summed E-state index contributed by atoms with van der Waals surface area (Å²) in [5.74, 6) is 2.04. The van der Waals surface area contributed by atoms with Gasteiger partial charge in [-0.3, -0.25) is 0 Å². The number of halogens is 1. The lowest BCUT2D eigenvalue weighted by molar-refractivity contribution is 0.564. The lowest BCUT2D eigenvalue weighted by Crippen LogP contribution is -2.25. The highest BCUT2D eigenvalue weighted by molar-refractivity contribution is 6.18. The minimum atomic E-state index is 0.349. The number of hydrogen-bond donors (Lipinski definition) is 1. The normalized spacial score (nSPS) is 14.9. The van der Waals surface area contributed by atoms with E-state index in [4.69, 9.17) is 11.6 Å². The van der Waals surface area contributed by atoms with Crippen LogP contribution in [0.2, 0.25) is 0 Å². The molecule has 0 aliphatic heterocycles. The van der Waals surface area contributed by atoms with Crippen LogP contribution in [0.25, 0.3) is 0 Å². The van der Waals surface area contributed by atoms with Crippen LogP contribution in [0.4, 0.5) is 5.82 Å². The van der Waals surface area contributed by atoms with Crippen molar-refractivity contribution in [1.82, 2.24) is 4.98 Å². The van der Waals surface area contributed by atoms with Crippen LogP contribution in [-0.2, 0) is 0 Å². The molecule has 2 unspecified atom stereocenters. The van der Waals surface area contributed by atoms with Gasteiger partial charge in [-0.05, 0) is 31.9 Å². The molecule has 0 radical (unpaired) electrons. The second-order valence-corrected chi connectivity index (χ2v) is 4.04. The van der Waals surface area contributed by atoms with Crippen molar-refractivity contribution < 1.29 is 0 Å². The van der Waals surface area contributed by atoms with Crippen molar-refractivity contribution in [2.45, 2.75) is 26.8 Å². The van der Waals surface area contributed by atoms with E-state index in [2.05, 4.69) is 24.1 Å². The summed E-state index contributed by atoms with van der Waals surface area (Å²) < 4.78 is 0. The summed E-state index contributed by atoms with van der Waals surface area (Å²) in [7, 11) is 0. The number of nitrogens with zero attached hydrogens (tertiary/aromatic N) is 1. The molecule has 0 spiro atoms. The van der Waals surface area contributed by atoms with E-state index in [1.54, 1.807) is 0 Å². The molecule has 0 saturated heterocycles. The van der Waals surface area contributed by atoms with Crippen molar-refractivity contribution >= 4 is 17.4 Å². The summed E-state index contributed by atoms with van der Waals surface area (Å²) in [6.07, 6.45) is 0. The molecule has 0 saturated carbocycles. The third-order valence-corrected chi connectivity index (χ3v) is 2.85. The second kappa shape index (κ2) is 5.20. The molecule has 1 aromatic heterocycles. The van der Waals surface area contributed by atoms with Gasteiger partial charge in [-0.2, -0.15) is 0 Å². The monoisotopic (exact) mass is 212 g/mol. The largest absolute Gasteiger partial charge is 0.367 e. The van der Waals surface area contributed by atoms with Gasteiger partial charge in [-0.1, -0.05) is 13.0 Å². The second-order valence-electron chi connectivity index (χ2n) is 3.73. The maximum Gasteiger partial charge on any atom is 0.126 e. The molecule has 0 fully saturated rings. The van der Waals surface area contributed by atoms with Crippen molar-refractivity contribution in [2.75, 3.05) is 11.2 Å². The van der Waals surface area contributed by atoms with Crippen molar-refractivity contribution in [3.63, 3.8) is 0 Å². The van der Waals surface area contributed by atoms with Crippen molar-refractivity contribution in [2.24, 2.45) is 5.92 Å². The molecule has 1 rings (SSSR count). The highest BCUT2D eigenvalue weighted by atomic mass is 35.5. The minimum Gasteiger partial charge on any atom is -0.367 e. The number of pyridine rings is 1. The SMILES string of the molecule is Cc1cccc(NC(C)C(C)CCl)n1. The maximum atomic E-state index is 5.78. The Morgan fingerprint density at radius 2 is 2.14 bits per heavy atom. The van der Waals surface area contributed by atoms with Crippen LogP contribution >= 0.6 is 11.6 Å². The van der Waals surface area contributed by atoms with Gasteiger partial charge in [0.15, 0.2) is 0 Å². The van der Waals surface area contributed by atoms with E-state index < -0.39 is 0 Å². The molecule has 78 valence electrons. The maximum absolute atomic E-state index is 5.78. The van der Waals surface area contributed by atoms with Crippen LogP contribution < -0.4 is 5.32 Å². The minimum absolute atomic E-state index is 0.349. The predicted octanol–water partition coefficient (Wildman–Crippen LogP) is 3.07. The average molecular weight is 213 g/mol. The summed E-state index contributed by atoms with van der Waals surface area (Å²) >= 11 is 5.78. The molecule has 0 amide bonds. The average Bonchev–Trinajstić information content (AvgIpc) is 2.16. The summed E-state index contributed by atoms with van der Waals surface area (Å²) in [4.78, 5) is 4.38. The number of nitrogens with one attached hydrogen (secondary N) is 1. The van der Waals surface area contributed by atoms with Gasteiger partial charge in [0.1, 0.15) is 5.82 Å².